The molecule has 1 amide bonds. The van der Waals surface area contributed by atoms with Crippen LogP contribution in [0.4, 0.5) is 5.82 Å². The third kappa shape index (κ3) is 2.62. The molecule has 5 heteroatoms. The number of aromatic nitrogens is 2. The van der Waals surface area contributed by atoms with Crippen molar-refractivity contribution in [2.24, 2.45) is 0 Å². The van der Waals surface area contributed by atoms with Crippen LogP contribution in [0.2, 0.25) is 0 Å². The summed E-state index contributed by atoms with van der Waals surface area (Å²) in [7, 11) is 0. The van der Waals surface area contributed by atoms with Gasteiger partial charge < -0.3 is 5.32 Å². The zero-order valence-corrected chi connectivity index (χ0v) is 10.9. The molecule has 1 heterocycles. The van der Waals surface area contributed by atoms with Crippen molar-refractivity contribution >= 4 is 28.9 Å². The van der Waals surface area contributed by atoms with Gasteiger partial charge in [-0.25, -0.2) is 0 Å². The van der Waals surface area contributed by atoms with E-state index in [2.05, 4.69) is 21.6 Å². The van der Waals surface area contributed by atoms with E-state index in [0.717, 1.165) is 5.39 Å². The van der Waals surface area contributed by atoms with Crippen molar-refractivity contribution < 1.29 is 9.59 Å². The van der Waals surface area contributed by atoms with Gasteiger partial charge in [-0.3, -0.25) is 9.59 Å². The summed E-state index contributed by atoms with van der Waals surface area (Å²) in [5, 5.41) is 11.4. The predicted octanol–water partition coefficient (Wildman–Crippen LogP) is 2.49. The van der Waals surface area contributed by atoms with Gasteiger partial charge in [0.15, 0.2) is 12.1 Å². The van der Waals surface area contributed by atoms with E-state index in [1.54, 1.807) is 36.4 Å². The third-order valence-electron chi connectivity index (χ3n) is 2.99. The van der Waals surface area contributed by atoms with Crippen molar-refractivity contribution in [3.8, 4) is 0 Å². The average Bonchev–Trinajstić information content (AvgIpc) is 2.54. The molecule has 0 fully saturated rings. The number of nitrogens with one attached hydrogen (secondary N) is 1. The number of carbonyl (C=O) groups excluding carboxylic acids is 2. The summed E-state index contributed by atoms with van der Waals surface area (Å²) in [5.74, 6) is -0.0703. The number of hydrogen-bond donors (Lipinski definition) is 1. The lowest BCUT2D eigenvalue weighted by Gasteiger charge is -2.06. The Bertz CT molecular complexity index is 830. The molecule has 1 aromatic heterocycles. The number of fused-ring (bicyclic) bond motifs is 1. The summed E-state index contributed by atoms with van der Waals surface area (Å²) >= 11 is 0. The van der Waals surface area contributed by atoms with Crippen molar-refractivity contribution in [1.29, 1.82) is 0 Å². The van der Waals surface area contributed by atoms with Crippen LogP contribution in [-0.2, 0) is 0 Å². The van der Waals surface area contributed by atoms with Crippen molar-refractivity contribution in [2.45, 2.75) is 0 Å². The Morgan fingerprint density at radius 3 is 2.86 bits per heavy atom. The Kier molecular flexibility index (Phi) is 3.39. The molecule has 1 radical (unpaired) electrons. The third-order valence-corrected chi connectivity index (χ3v) is 2.99. The van der Waals surface area contributed by atoms with Gasteiger partial charge in [-0.2, -0.15) is 0 Å². The van der Waals surface area contributed by atoms with Crippen LogP contribution in [-0.4, -0.2) is 22.4 Å². The minimum absolute atomic E-state index is 0.300. The Morgan fingerprint density at radius 2 is 2.00 bits per heavy atom. The van der Waals surface area contributed by atoms with Gasteiger partial charge in [0.05, 0.1) is 5.56 Å². The number of rotatable bonds is 3. The largest absolute Gasteiger partial charge is 0.305 e. The number of benzene rings is 2. The summed E-state index contributed by atoms with van der Waals surface area (Å²) in [6.07, 6.45) is 0.649. The maximum absolute atomic E-state index is 12.2. The van der Waals surface area contributed by atoms with Crippen LogP contribution in [0.1, 0.15) is 20.7 Å². The van der Waals surface area contributed by atoms with Crippen LogP contribution in [0.5, 0.6) is 0 Å². The van der Waals surface area contributed by atoms with Gasteiger partial charge in [0.1, 0.15) is 5.52 Å². The monoisotopic (exact) mass is 276 g/mol. The van der Waals surface area contributed by atoms with Crippen molar-refractivity contribution in [3.63, 3.8) is 0 Å². The molecule has 5 nitrogen and oxygen atoms in total. The lowest BCUT2D eigenvalue weighted by atomic mass is 10.1. The quantitative estimate of drug-likeness (QED) is 0.746. The number of anilines is 1. The van der Waals surface area contributed by atoms with E-state index in [0.29, 0.717) is 28.7 Å². The molecule has 101 valence electrons. The number of nitrogens with zero attached hydrogens (tertiary/aromatic N) is 2. The topological polar surface area (TPSA) is 72.0 Å². The number of aldehydes is 1. The molecule has 0 saturated heterocycles. The van der Waals surface area contributed by atoms with Crippen LogP contribution in [0.25, 0.3) is 10.9 Å². The smallest absolute Gasteiger partial charge is 0.257 e. The summed E-state index contributed by atoms with van der Waals surface area (Å²) < 4.78 is 0. The van der Waals surface area contributed by atoms with E-state index in [1.165, 1.54) is 0 Å². The Labute approximate surface area is 120 Å². The lowest BCUT2D eigenvalue weighted by molar-refractivity contribution is 0.101. The first-order chi connectivity index (χ1) is 10.3. The minimum Gasteiger partial charge on any atom is -0.305 e. The summed E-state index contributed by atoms with van der Waals surface area (Å²) in [5.41, 5.74) is 1.26. The van der Waals surface area contributed by atoms with E-state index in [1.807, 2.05) is 12.1 Å². The van der Waals surface area contributed by atoms with Gasteiger partial charge in [0.25, 0.3) is 5.91 Å². The fraction of sp³-hybridized carbons (Fsp3) is 0. The molecule has 3 rings (SSSR count). The average molecular weight is 276 g/mol. The standard InChI is InChI=1S/C16H10N3O2/c20-10-12-6-1-3-7-13(12)16(21)17-15-9-11-5-2-4-8-14(11)18-19-15/h1-7,9-10H,(H,17,19,21). The molecule has 0 aliphatic heterocycles. The minimum atomic E-state index is -0.397. The van der Waals surface area contributed by atoms with Crippen LogP contribution in [0.15, 0.2) is 48.5 Å². The van der Waals surface area contributed by atoms with E-state index in [9.17, 15) is 9.59 Å². The molecule has 1 N–H and O–H groups in total. The Balaban J connectivity index is 1.91. The zero-order chi connectivity index (χ0) is 14.7. The molecule has 3 aromatic rings. The molecule has 21 heavy (non-hydrogen) atoms. The maximum atomic E-state index is 12.2. The summed E-state index contributed by atoms with van der Waals surface area (Å²) in [6, 6.07) is 16.7. The van der Waals surface area contributed by atoms with E-state index in [-0.39, 0.29) is 0 Å². The van der Waals surface area contributed by atoms with Crippen molar-refractivity contribution in [2.75, 3.05) is 5.32 Å². The first-order valence-corrected chi connectivity index (χ1v) is 6.27. The van der Waals surface area contributed by atoms with E-state index < -0.39 is 5.91 Å². The van der Waals surface area contributed by atoms with Gasteiger partial charge in [0, 0.05) is 17.0 Å². The van der Waals surface area contributed by atoms with Crippen LogP contribution >= 0.6 is 0 Å². The highest BCUT2D eigenvalue weighted by molar-refractivity contribution is 6.08. The second-order valence-corrected chi connectivity index (χ2v) is 4.36. The second kappa shape index (κ2) is 5.50. The number of hydrogen-bond acceptors (Lipinski definition) is 4. The van der Waals surface area contributed by atoms with Gasteiger partial charge in [-0.15, -0.1) is 10.2 Å². The predicted molar refractivity (Wildman–Crippen MR) is 78.2 cm³/mol. The molecule has 0 bridgehead atoms. The van der Waals surface area contributed by atoms with E-state index in [4.69, 9.17) is 0 Å². The maximum Gasteiger partial charge on any atom is 0.257 e. The fourth-order valence-corrected chi connectivity index (χ4v) is 1.98. The van der Waals surface area contributed by atoms with Gasteiger partial charge >= 0.3 is 0 Å². The SMILES string of the molecule is O=Cc1ccccc1C(=O)Nc1cc2ccc[c]c2nn1. The van der Waals surface area contributed by atoms with Crippen LogP contribution in [0.3, 0.4) is 0 Å². The number of amides is 1. The molecule has 2 aromatic carbocycles. The van der Waals surface area contributed by atoms with Crippen molar-refractivity contribution in [3.05, 3.63) is 65.7 Å². The Morgan fingerprint density at radius 1 is 1.14 bits per heavy atom. The Hall–Kier alpha value is -3.08. The molecular weight excluding hydrogens is 266 g/mol. The second-order valence-electron chi connectivity index (χ2n) is 4.36. The molecule has 0 spiro atoms. The highest BCUT2D eigenvalue weighted by Crippen LogP contribution is 2.15. The highest BCUT2D eigenvalue weighted by Gasteiger charge is 2.11. The summed E-state index contributed by atoms with van der Waals surface area (Å²) in [6.45, 7) is 0. The first-order valence-electron chi connectivity index (χ1n) is 6.27. The van der Waals surface area contributed by atoms with Crippen LogP contribution in [0, 0.1) is 6.07 Å². The molecule has 0 unspecified atom stereocenters. The molecule has 0 aliphatic carbocycles. The zero-order valence-electron chi connectivity index (χ0n) is 10.9. The van der Waals surface area contributed by atoms with Crippen LogP contribution < -0.4 is 5.32 Å². The van der Waals surface area contributed by atoms with Gasteiger partial charge in [-0.1, -0.05) is 36.4 Å². The van der Waals surface area contributed by atoms with Gasteiger partial charge in [0.2, 0.25) is 0 Å². The van der Waals surface area contributed by atoms with Crippen molar-refractivity contribution in [1.82, 2.24) is 10.2 Å². The fourth-order valence-electron chi connectivity index (χ4n) is 1.98. The summed E-state index contributed by atoms with van der Waals surface area (Å²) in [4.78, 5) is 23.1. The molecule has 0 aliphatic rings. The van der Waals surface area contributed by atoms with E-state index >= 15 is 0 Å². The molecule has 0 saturated carbocycles. The molecular formula is C16H10N3O2. The first kappa shape index (κ1) is 12.9. The normalized spacial score (nSPS) is 10.3. The van der Waals surface area contributed by atoms with Gasteiger partial charge in [-0.05, 0) is 12.1 Å². The lowest BCUT2D eigenvalue weighted by Crippen LogP contribution is -2.15. The number of carbonyl (C=O) groups is 2. The molecule has 0 atom stereocenters. The highest BCUT2D eigenvalue weighted by atomic mass is 16.2.